The first-order valence-electron chi connectivity index (χ1n) is 20.2. The second-order valence-electron chi connectivity index (χ2n) is 15.5. The second kappa shape index (κ2) is 15.1. The molecule has 282 valence electrons. The van der Waals surface area contributed by atoms with E-state index in [0.717, 1.165) is 56.5 Å². The smallest absolute Gasteiger partial charge is 0.160 e. The minimum atomic E-state index is -0.245. The summed E-state index contributed by atoms with van der Waals surface area (Å²) in [6, 6.07) is 77.3. The van der Waals surface area contributed by atoms with Gasteiger partial charge < -0.3 is 9.80 Å². The molecule has 10 rings (SSSR count). The number of rotatable bonds is 8. The van der Waals surface area contributed by atoms with Gasteiger partial charge in [0.1, 0.15) is 0 Å². The highest BCUT2D eigenvalue weighted by atomic mass is 15.2. The summed E-state index contributed by atoms with van der Waals surface area (Å²) in [5, 5.41) is 0. The van der Waals surface area contributed by atoms with Crippen LogP contribution in [0.1, 0.15) is 25.0 Å². The van der Waals surface area contributed by atoms with Crippen molar-refractivity contribution in [3.63, 3.8) is 0 Å². The molecule has 0 saturated heterocycles. The minimum Gasteiger partial charge on any atom is -0.311 e. The lowest BCUT2D eigenvalue weighted by atomic mass is 9.73. The van der Waals surface area contributed by atoms with Gasteiger partial charge in [0, 0.05) is 44.9 Å². The quantitative estimate of drug-likeness (QED) is 0.154. The molecule has 0 N–H and O–H groups in total. The van der Waals surface area contributed by atoms with Crippen molar-refractivity contribution in [1.29, 1.82) is 0 Å². The molecule has 4 heteroatoms. The third-order valence-corrected chi connectivity index (χ3v) is 11.4. The fourth-order valence-corrected chi connectivity index (χ4v) is 8.44. The van der Waals surface area contributed by atoms with Gasteiger partial charge in [-0.1, -0.05) is 159 Å². The topological polar surface area (TPSA) is 32.3 Å². The molecule has 1 aliphatic rings. The first-order valence-corrected chi connectivity index (χ1v) is 20.2. The molecular weight excluding hydrogens is 717 g/mol. The van der Waals surface area contributed by atoms with Gasteiger partial charge in [0.05, 0.1) is 22.8 Å². The van der Waals surface area contributed by atoms with E-state index in [1.54, 1.807) is 0 Å². The van der Waals surface area contributed by atoms with E-state index >= 15 is 0 Å². The summed E-state index contributed by atoms with van der Waals surface area (Å²) >= 11 is 0. The first kappa shape index (κ1) is 35.8. The van der Waals surface area contributed by atoms with Gasteiger partial charge in [-0.05, 0) is 95.1 Å². The average molecular weight is 759 g/mol. The molecule has 9 aromatic rings. The van der Waals surface area contributed by atoms with Crippen LogP contribution in [0.15, 0.2) is 218 Å². The van der Waals surface area contributed by atoms with Crippen LogP contribution in [0.25, 0.3) is 45.0 Å². The zero-order chi connectivity index (χ0) is 39.8. The van der Waals surface area contributed by atoms with Crippen molar-refractivity contribution in [3.05, 3.63) is 230 Å². The Labute approximate surface area is 346 Å². The summed E-state index contributed by atoms with van der Waals surface area (Å²) in [5.41, 5.74) is 16.3. The number of aromatic nitrogens is 2. The van der Waals surface area contributed by atoms with Crippen LogP contribution >= 0.6 is 0 Å². The molecule has 0 fully saturated rings. The number of hydrogen-bond acceptors (Lipinski definition) is 4. The van der Waals surface area contributed by atoms with E-state index in [-0.39, 0.29) is 5.41 Å². The molecule has 4 nitrogen and oxygen atoms in total. The normalized spacial score (nSPS) is 12.7. The van der Waals surface area contributed by atoms with Gasteiger partial charge >= 0.3 is 0 Å². The third-order valence-electron chi connectivity index (χ3n) is 11.4. The van der Waals surface area contributed by atoms with E-state index in [0.29, 0.717) is 5.82 Å². The van der Waals surface area contributed by atoms with Gasteiger partial charge in [-0.3, -0.25) is 0 Å². The van der Waals surface area contributed by atoms with E-state index in [1.807, 2.05) is 12.1 Å². The van der Waals surface area contributed by atoms with Crippen molar-refractivity contribution in [2.75, 3.05) is 9.80 Å². The number of hydrogen-bond donors (Lipinski definition) is 0. The molecule has 0 saturated carbocycles. The summed E-state index contributed by atoms with van der Waals surface area (Å²) in [6.45, 7) is 4.69. The van der Waals surface area contributed by atoms with E-state index in [1.165, 1.54) is 27.9 Å². The van der Waals surface area contributed by atoms with E-state index in [4.69, 9.17) is 9.97 Å². The van der Waals surface area contributed by atoms with Crippen LogP contribution in [0, 0.1) is 0 Å². The Hall–Kier alpha value is -7.56. The van der Waals surface area contributed by atoms with Gasteiger partial charge in [-0.15, -0.1) is 0 Å². The lowest BCUT2D eigenvalue weighted by molar-refractivity contribution is 0.632. The summed E-state index contributed by atoms with van der Waals surface area (Å²) in [6.07, 6.45) is 0. The number of nitrogens with zero attached hydrogens (tertiary/aromatic N) is 4. The SMILES string of the molecule is CC1(C)c2ccccc2N(c2cccc(-c3nc(-c4ccccc4)cc(-c4ccccc4)n3)c2)c2ccc(-c3ccc(N(c4ccccc4)c4ccccc4)cc3)cc21. The van der Waals surface area contributed by atoms with Gasteiger partial charge in [0.15, 0.2) is 5.82 Å². The maximum Gasteiger partial charge on any atom is 0.160 e. The maximum absolute atomic E-state index is 5.16. The molecule has 1 aliphatic heterocycles. The number of anilines is 6. The van der Waals surface area contributed by atoms with Gasteiger partial charge in [-0.2, -0.15) is 0 Å². The molecule has 0 aliphatic carbocycles. The van der Waals surface area contributed by atoms with Crippen molar-refractivity contribution >= 4 is 34.1 Å². The monoisotopic (exact) mass is 758 g/mol. The Kier molecular flexibility index (Phi) is 9.15. The van der Waals surface area contributed by atoms with Crippen LogP contribution in [0.2, 0.25) is 0 Å². The lowest BCUT2D eigenvalue weighted by Gasteiger charge is -2.42. The fraction of sp³-hybridized carbons (Fsp3) is 0.0545. The molecule has 0 unspecified atom stereocenters. The molecule has 0 spiro atoms. The van der Waals surface area contributed by atoms with Crippen LogP contribution in [0.4, 0.5) is 34.1 Å². The van der Waals surface area contributed by atoms with Gasteiger partial charge in [-0.25, -0.2) is 9.97 Å². The summed E-state index contributed by atoms with van der Waals surface area (Å²) < 4.78 is 0. The molecule has 2 heterocycles. The summed E-state index contributed by atoms with van der Waals surface area (Å²) in [5.74, 6) is 0.690. The molecular formula is C55H42N4. The molecule has 59 heavy (non-hydrogen) atoms. The third kappa shape index (κ3) is 6.75. The first-order chi connectivity index (χ1) is 29.0. The Balaban J connectivity index is 1.05. The Morgan fingerprint density at radius 2 is 0.864 bits per heavy atom. The summed E-state index contributed by atoms with van der Waals surface area (Å²) in [7, 11) is 0. The highest BCUT2D eigenvalue weighted by molar-refractivity contribution is 5.89. The molecule has 8 aromatic carbocycles. The van der Waals surface area contributed by atoms with Crippen LogP contribution in [-0.4, -0.2) is 9.97 Å². The average Bonchev–Trinajstić information content (AvgIpc) is 3.31. The molecule has 0 bridgehead atoms. The number of benzene rings is 8. The van der Waals surface area contributed by atoms with Crippen molar-refractivity contribution in [1.82, 2.24) is 9.97 Å². The number of fused-ring (bicyclic) bond motifs is 2. The molecule has 0 radical (unpaired) electrons. The van der Waals surface area contributed by atoms with Crippen LogP contribution in [-0.2, 0) is 5.41 Å². The maximum atomic E-state index is 5.16. The van der Waals surface area contributed by atoms with E-state index < -0.39 is 0 Å². The Bertz CT molecular complexity index is 2790. The molecule has 0 amide bonds. The molecule has 0 atom stereocenters. The lowest BCUT2D eigenvalue weighted by Crippen LogP contribution is -2.30. The zero-order valence-corrected chi connectivity index (χ0v) is 33.1. The number of para-hydroxylation sites is 3. The fourth-order valence-electron chi connectivity index (χ4n) is 8.44. The van der Waals surface area contributed by atoms with Crippen LogP contribution in [0.3, 0.4) is 0 Å². The highest BCUT2D eigenvalue weighted by Gasteiger charge is 2.37. The van der Waals surface area contributed by atoms with Crippen molar-refractivity contribution in [3.8, 4) is 45.0 Å². The summed E-state index contributed by atoms with van der Waals surface area (Å²) in [4.78, 5) is 15.0. The van der Waals surface area contributed by atoms with Crippen molar-refractivity contribution < 1.29 is 0 Å². The van der Waals surface area contributed by atoms with Crippen molar-refractivity contribution in [2.45, 2.75) is 19.3 Å². The van der Waals surface area contributed by atoms with E-state index in [9.17, 15) is 0 Å². The predicted octanol–water partition coefficient (Wildman–Crippen LogP) is 14.7. The Morgan fingerprint density at radius 3 is 1.47 bits per heavy atom. The second-order valence-corrected chi connectivity index (χ2v) is 15.5. The zero-order valence-electron chi connectivity index (χ0n) is 33.1. The highest BCUT2D eigenvalue weighted by Crippen LogP contribution is 2.53. The van der Waals surface area contributed by atoms with Crippen LogP contribution < -0.4 is 9.80 Å². The van der Waals surface area contributed by atoms with Crippen LogP contribution in [0.5, 0.6) is 0 Å². The van der Waals surface area contributed by atoms with Crippen molar-refractivity contribution in [2.24, 2.45) is 0 Å². The van der Waals surface area contributed by atoms with Gasteiger partial charge in [0.25, 0.3) is 0 Å². The van der Waals surface area contributed by atoms with Gasteiger partial charge in [0.2, 0.25) is 0 Å². The molecule has 1 aromatic heterocycles. The minimum absolute atomic E-state index is 0.245. The standard InChI is InChI=1S/C55H42N4/c1-55(2)48-28-15-16-29-52(48)59(47-27-17-22-43(36-47)54-56-50(40-18-7-3-8-19-40)38-51(57-54)41-20-9-4-10-21-41)53-35-32-42(37-49(53)55)39-30-33-46(34-31-39)58(44-23-11-5-12-24-44)45-25-13-6-14-26-45/h3-38H,1-2H3. The largest absolute Gasteiger partial charge is 0.311 e. The Morgan fingerprint density at radius 1 is 0.373 bits per heavy atom. The van der Waals surface area contributed by atoms with E-state index in [2.05, 4.69) is 230 Å². The predicted molar refractivity (Wildman–Crippen MR) is 245 cm³/mol.